The van der Waals surface area contributed by atoms with E-state index in [1.54, 1.807) is 6.21 Å². The summed E-state index contributed by atoms with van der Waals surface area (Å²) in [4.78, 5) is 13.9. The van der Waals surface area contributed by atoms with E-state index in [1.165, 1.54) is 0 Å². The Hall–Kier alpha value is -0.900. The normalized spacial score (nSPS) is 19.5. The Labute approximate surface area is 46.8 Å². The van der Waals surface area contributed by atoms with Crippen molar-refractivity contribution in [1.82, 2.24) is 5.32 Å². The highest BCUT2D eigenvalue weighted by atomic mass is 16.1. The summed E-state index contributed by atoms with van der Waals surface area (Å²) in [5.41, 5.74) is 4.85. The average Bonchev–Trinajstić information content (AvgIpc) is 2.12. The van der Waals surface area contributed by atoms with Gasteiger partial charge in [-0.3, -0.25) is 15.1 Å². The van der Waals surface area contributed by atoms with E-state index in [0.717, 1.165) is 0 Å². The number of carbonyl (C=O) groups excluding carboxylic acids is 1. The molecule has 0 bridgehead atoms. The van der Waals surface area contributed by atoms with Gasteiger partial charge in [0.05, 0.1) is 0 Å². The fraction of sp³-hybridized carbons (Fsp3) is 0.250. The number of primary amides is 1. The molecule has 1 heterocycles. The number of carbonyl (C=O) groups is 1. The zero-order valence-electron chi connectivity index (χ0n) is 4.22. The number of amides is 1. The molecule has 0 aromatic carbocycles. The third-order valence-electron chi connectivity index (χ3n) is 0.815. The van der Waals surface area contributed by atoms with Crippen LogP contribution in [0, 0.1) is 6.17 Å². The summed E-state index contributed by atoms with van der Waals surface area (Å²) >= 11 is 0. The Morgan fingerprint density at radius 3 is 3.00 bits per heavy atom. The molecule has 1 rings (SSSR count). The molecule has 0 atom stereocenters. The Kier molecular flexibility index (Phi) is 1.26. The maximum atomic E-state index is 10.2. The van der Waals surface area contributed by atoms with E-state index in [0.29, 0.717) is 6.54 Å². The molecule has 4 nitrogen and oxygen atoms in total. The number of rotatable bonds is 1. The molecule has 43 valence electrons. The van der Waals surface area contributed by atoms with Gasteiger partial charge in [0.2, 0.25) is 6.17 Å². The summed E-state index contributed by atoms with van der Waals surface area (Å²) in [5, 5.41) is 2.68. The molecule has 1 aliphatic rings. The highest BCUT2D eigenvalue weighted by Gasteiger charge is 2.16. The van der Waals surface area contributed by atoms with Crippen molar-refractivity contribution in [1.29, 1.82) is 0 Å². The second-order valence-corrected chi connectivity index (χ2v) is 1.41. The summed E-state index contributed by atoms with van der Waals surface area (Å²) in [6.45, 7) is 0.609. The molecular weight excluding hydrogens is 106 g/mol. The van der Waals surface area contributed by atoms with Crippen molar-refractivity contribution in [2.75, 3.05) is 6.54 Å². The summed E-state index contributed by atoms with van der Waals surface area (Å²) in [5.74, 6) is -0.501. The van der Waals surface area contributed by atoms with E-state index in [-0.39, 0.29) is 6.17 Å². The first-order valence-electron chi connectivity index (χ1n) is 2.24. The van der Waals surface area contributed by atoms with Gasteiger partial charge in [-0.05, 0) is 0 Å². The number of hydrogen-bond donors (Lipinski definition) is 2. The maximum Gasteiger partial charge on any atom is 0.264 e. The third kappa shape index (κ3) is 0.840. The molecule has 0 saturated carbocycles. The zero-order chi connectivity index (χ0) is 5.98. The van der Waals surface area contributed by atoms with Gasteiger partial charge in [-0.1, -0.05) is 0 Å². The predicted molar refractivity (Wildman–Crippen MR) is 28.9 cm³/mol. The van der Waals surface area contributed by atoms with Gasteiger partial charge < -0.3 is 5.73 Å². The van der Waals surface area contributed by atoms with Gasteiger partial charge in [0.15, 0.2) is 0 Å². The minimum absolute atomic E-state index is 0.255. The lowest BCUT2D eigenvalue weighted by atomic mass is 10.5. The molecule has 1 amide bonds. The van der Waals surface area contributed by atoms with Crippen LogP contribution in [0.3, 0.4) is 0 Å². The van der Waals surface area contributed by atoms with Crippen LogP contribution in [0.2, 0.25) is 0 Å². The fourth-order valence-electron chi connectivity index (χ4n) is 0.476. The summed E-state index contributed by atoms with van der Waals surface area (Å²) in [6, 6.07) is 0. The molecule has 3 N–H and O–H groups in total. The number of aliphatic imine (C=N–C) groups is 1. The van der Waals surface area contributed by atoms with E-state index in [4.69, 9.17) is 5.73 Å². The molecule has 0 aromatic rings. The van der Waals surface area contributed by atoms with Crippen LogP contribution >= 0.6 is 0 Å². The van der Waals surface area contributed by atoms with Crippen LogP contribution in [0.5, 0.6) is 0 Å². The van der Waals surface area contributed by atoms with Gasteiger partial charge in [-0.2, -0.15) is 0 Å². The van der Waals surface area contributed by atoms with Crippen LogP contribution in [0.1, 0.15) is 0 Å². The Balaban J connectivity index is 2.48. The van der Waals surface area contributed by atoms with E-state index in [2.05, 4.69) is 10.3 Å². The molecule has 1 radical (unpaired) electrons. The zero-order valence-corrected chi connectivity index (χ0v) is 4.22. The standard InChI is InChI=1S/C4H6N3O/c5-3(8)4-6-1-2-7-4/h1,7H,2H2,(H2,5,8). The van der Waals surface area contributed by atoms with Crippen molar-refractivity contribution in [3.8, 4) is 0 Å². The van der Waals surface area contributed by atoms with Crippen LogP contribution in [0.4, 0.5) is 0 Å². The first-order valence-corrected chi connectivity index (χ1v) is 2.24. The second kappa shape index (κ2) is 1.92. The Morgan fingerprint density at radius 1 is 2.00 bits per heavy atom. The molecule has 1 aliphatic heterocycles. The highest BCUT2D eigenvalue weighted by molar-refractivity contribution is 5.91. The van der Waals surface area contributed by atoms with Gasteiger partial charge in [0.25, 0.3) is 5.91 Å². The molecule has 0 saturated heterocycles. The van der Waals surface area contributed by atoms with Crippen molar-refractivity contribution in [3.05, 3.63) is 6.17 Å². The number of nitrogens with zero attached hydrogens (tertiary/aromatic N) is 1. The lowest BCUT2D eigenvalue weighted by Crippen LogP contribution is -2.28. The SMILES string of the molecule is NC(=O)[C]1N=CCN1. The number of nitrogens with one attached hydrogen (secondary N) is 1. The summed E-state index contributed by atoms with van der Waals surface area (Å²) in [7, 11) is 0. The number of hydrogen-bond acceptors (Lipinski definition) is 3. The first kappa shape index (κ1) is 5.24. The molecule has 8 heavy (non-hydrogen) atoms. The van der Waals surface area contributed by atoms with E-state index in [9.17, 15) is 4.79 Å². The van der Waals surface area contributed by atoms with Crippen LogP contribution in [-0.4, -0.2) is 18.7 Å². The lowest BCUT2D eigenvalue weighted by Gasteiger charge is -1.96. The Bertz CT molecular complexity index is 131. The van der Waals surface area contributed by atoms with Crippen molar-refractivity contribution in [3.63, 3.8) is 0 Å². The van der Waals surface area contributed by atoms with Crippen LogP contribution in [0.15, 0.2) is 4.99 Å². The van der Waals surface area contributed by atoms with Gasteiger partial charge in [0.1, 0.15) is 0 Å². The monoisotopic (exact) mass is 112 g/mol. The van der Waals surface area contributed by atoms with Gasteiger partial charge in [-0.15, -0.1) is 0 Å². The van der Waals surface area contributed by atoms with Crippen molar-refractivity contribution >= 4 is 12.1 Å². The van der Waals surface area contributed by atoms with Crippen LogP contribution in [0.25, 0.3) is 0 Å². The third-order valence-corrected chi connectivity index (χ3v) is 0.815. The largest absolute Gasteiger partial charge is 0.366 e. The lowest BCUT2D eigenvalue weighted by molar-refractivity contribution is -0.116. The predicted octanol–water partition coefficient (Wildman–Crippen LogP) is -1.36. The van der Waals surface area contributed by atoms with E-state index >= 15 is 0 Å². The molecular formula is C4H6N3O. The Morgan fingerprint density at radius 2 is 2.75 bits per heavy atom. The van der Waals surface area contributed by atoms with Crippen LogP contribution in [-0.2, 0) is 4.79 Å². The average molecular weight is 112 g/mol. The van der Waals surface area contributed by atoms with E-state index < -0.39 is 5.91 Å². The molecule has 0 spiro atoms. The van der Waals surface area contributed by atoms with Gasteiger partial charge >= 0.3 is 0 Å². The first-order chi connectivity index (χ1) is 3.80. The summed E-state index contributed by atoms with van der Waals surface area (Å²) in [6.07, 6.45) is 1.85. The van der Waals surface area contributed by atoms with Crippen molar-refractivity contribution in [2.45, 2.75) is 0 Å². The van der Waals surface area contributed by atoms with Crippen molar-refractivity contribution < 1.29 is 4.79 Å². The maximum absolute atomic E-state index is 10.2. The molecule has 0 aliphatic carbocycles. The van der Waals surface area contributed by atoms with Crippen molar-refractivity contribution in [2.24, 2.45) is 10.7 Å². The topological polar surface area (TPSA) is 67.5 Å². The van der Waals surface area contributed by atoms with Gasteiger partial charge in [0, 0.05) is 12.8 Å². The van der Waals surface area contributed by atoms with E-state index in [1.807, 2.05) is 0 Å². The molecule has 0 fully saturated rings. The molecule has 0 aromatic heterocycles. The minimum atomic E-state index is -0.501. The van der Waals surface area contributed by atoms with Gasteiger partial charge in [-0.25, -0.2) is 0 Å². The summed E-state index contributed by atoms with van der Waals surface area (Å²) < 4.78 is 0. The smallest absolute Gasteiger partial charge is 0.264 e. The second-order valence-electron chi connectivity index (χ2n) is 1.41. The quantitative estimate of drug-likeness (QED) is 0.439. The van der Waals surface area contributed by atoms with Crippen LogP contribution < -0.4 is 11.1 Å². The number of nitrogens with two attached hydrogens (primary N) is 1. The fourth-order valence-corrected chi connectivity index (χ4v) is 0.476. The molecule has 0 unspecified atom stereocenters. The minimum Gasteiger partial charge on any atom is -0.366 e. The molecule has 4 heteroatoms. The highest BCUT2D eigenvalue weighted by Crippen LogP contribution is 1.96.